The highest BCUT2D eigenvalue weighted by molar-refractivity contribution is 5.82. The van der Waals surface area contributed by atoms with E-state index in [0.29, 0.717) is 0 Å². The van der Waals surface area contributed by atoms with Gasteiger partial charge in [0.15, 0.2) is 0 Å². The van der Waals surface area contributed by atoms with Crippen molar-refractivity contribution in [2.24, 2.45) is 11.5 Å². The van der Waals surface area contributed by atoms with Crippen LogP contribution in [0.4, 0.5) is 0 Å². The molecule has 2 amide bonds. The van der Waals surface area contributed by atoms with Crippen LogP contribution in [-0.4, -0.2) is 35.8 Å². The Bertz CT molecular complexity index is 192. The summed E-state index contributed by atoms with van der Waals surface area (Å²) in [6.45, 7) is 0.865. The number of likely N-dealkylation sites (tertiary alicyclic amines) is 1. The van der Waals surface area contributed by atoms with Gasteiger partial charge in [0.2, 0.25) is 11.8 Å². The minimum absolute atomic E-state index is 0.133. The first-order valence-corrected chi connectivity index (χ1v) is 3.43. The molecule has 0 aromatic heterocycles. The van der Waals surface area contributed by atoms with Gasteiger partial charge in [-0.25, -0.2) is 0 Å². The second kappa shape index (κ2) is 2.87. The Hall–Kier alpha value is -1.10. The van der Waals surface area contributed by atoms with Gasteiger partial charge in [-0.15, -0.1) is 0 Å². The van der Waals surface area contributed by atoms with Crippen LogP contribution in [0.2, 0.25) is 0 Å². The summed E-state index contributed by atoms with van der Waals surface area (Å²) in [5.74, 6) is -0.798. The van der Waals surface area contributed by atoms with Gasteiger partial charge >= 0.3 is 0 Å². The summed E-state index contributed by atoms with van der Waals surface area (Å²) in [6, 6.07) is -0.275. The number of nitrogens with zero attached hydrogens (tertiary/aromatic N) is 1. The highest BCUT2D eigenvalue weighted by Crippen LogP contribution is 2.15. The van der Waals surface area contributed by atoms with Crippen LogP contribution < -0.4 is 11.5 Å². The summed E-state index contributed by atoms with van der Waals surface area (Å²) in [5, 5.41) is 0. The molecule has 5 heteroatoms. The number of rotatable bonds is 3. The third-order valence-corrected chi connectivity index (χ3v) is 1.82. The second-order valence-electron chi connectivity index (χ2n) is 2.64. The van der Waals surface area contributed by atoms with Crippen LogP contribution in [0.25, 0.3) is 0 Å². The number of hydrogen-bond donors (Lipinski definition) is 2. The maximum Gasteiger partial charge on any atom is 0.234 e. The molecule has 62 valence electrons. The molecule has 1 aliphatic rings. The minimum atomic E-state index is -0.420. The molecule has 11 heavy (non-hydrogen) atoms. The van der Waals surface area contributed by atoms with Crippen molar-refractivity contribution in [3.8, 4) is 0 Å². The molecule has 1 heterocycles. The molecule has 1 aliphatic heterocycles. The number of carbonyl (C=O) groups excluding carboxylic acids is 2. The molecule has 0 aliphatic carbocycles. The molecule has 0 aromatic rings. The smallest absolute Gasteiger partial charge is 0.234 e. The van der Waals surface area contributed by atoms with E-state index in [1.54, 1.807) is 4.90 Å². The topological polar surface area (TPSA) is 89.4 Å². The first-order chi connectivity index (χ1) is 5.11. The molecule has 1 unspecified atom stereocenters. The van der Waals surface area contributed by atoms with Gasteiger partial charge in [0.1, 0.15) is 0 Å². The van der Waals surface area contributed by atoms with Crippen molar-refractivity contribution >= 4 is 11.8 Å². The molecule has 1 rings (SSSR count). The number of amides is 2. The standard InChI is InChI=1S/C6H11N3O2/c7-5(10)3-9-2-1-4(9)6(8)11/h4H,1-3H2,(H2,7,10)(H2,8,11). The Balaban J connectivity index is 2.37. The van der Waals surface area contributed by atoms with Crippen molar-refractivity contribution in [3.05, 3.63) is 0 Å². The quantitative estimate of drug-likeness (QED) is 0.498. The molecule has 0 bridgehead atoms. The molecule has 1 saturated heterocycles. The zero-order valence-electron chi connectivity index (χ0n) is 6.12. The van der Waals surface area contributed by atoms with Gasteiger partial charge in [-0.05, 0) is 6.42 Å². The van der Waals surface area contributed by atoms with Crippen LogP contribution >= 0.6 is 0 Å². The SMILES string of the molecule is NC(=O)CN1CCC1C(N)=O. The van der Waals surface area contributed by atoms with Gasteiger partial charge in [0, 0.05) is 6.54 Å². The van der Waals surface area contributed by atoms with E-state index in [0.717, 1.165) is 13.0 Å². The van der Waals surface area contributed by atoms with Gasteiger partial charge in [0.25, 0.3) is 0 Å². The van der Waals surface area contributed by atoms with Crippen LogP contribution in [0.5, 0.6) is 0 Å². The van der Waals surface area contributed by atoms with Gasteiger partial charge in [-0.2, -0.15) is 0 Å². The Labute approximate surface area is 64.3 Å². The van der Waals surface area contributed by atoms with Crippen LogP contribution in [0.3, 0.4) is 0 Å². The lowest BCUT2D eigenvalue weighted by atomic mass is 10.0. The van der Waals surface area contributed by atoms with Crippen LogP contribution in [0.1, 0.15) is 6.42 Å². The zero-order valence-corrected chi connectivity index (χ0v) is 6.12. The first kappa shape index (κ1) is 8.00. The Morgan fingerprint density at radius 3 is 2.36 bits per heavy atom. The van der Waals surface area contributed by atoms with Gasteiger partial charge in [-0.1, -0.05) is 0 Å². The first-order valence-electron chi connectivity index (χ1n) is 3.43. The highest BCUT2D eigenvalue weighted by atomic mass is 16.2. The fraction of sp³-hybridized carbons (Fsp3) is 0.667. The Morgan fingerprint density at radius 2 is 2.09 bits per heavy atom. The number of nitrogens with two attached hydrogens (primary N) is 2. The van der Waals surface area contributed by atoms with E-state index in [4.69, 9.17) is 11.5 Å². The van der Waals surface area contributed by atoms with Crippen molar-refractivity contribution in [2.75, 3.05) is 13.1 Å². The molecule has 0 saturated carbocycles. The summed E-state index contributed by atoms with van der Waals surface area (Å²) in [5.41, 5.74) is 9.96. The molecule has 5 nitrogen and oxygen atoms in total. The van der Waals surface area contributed by atoms with Crippen molar-refractivity contribution in [1.29, 1.82) is 0 Å². The zero-order chi connectivity index (χ0) is 8.43. The van der Waals surface area contributed by atoms with E-state index in [-0.39, 0.29) is 18.5 Å². The van der Waals surface area contributed by atoms with Crippen molar-refractivity contribution < 1.29 is 9.59 Å². The molecule has 4 N–H and O–H groups in total. The third-order valence-electron chi connectivity index (χ3n) is 1.82. The van der Waals surface area contributed by atoms with Crippen molar-refractivity contribution in [2.45, 2.75) is 12.5 Å². The lowest BCUT2D eigenvalue weighted by Crippen LogP contribution is -2.56. The van der Waals surface area contributed by atoms with E-state index in [9.17, 15) is 9.59 Å². The predicted molar refractivity (Wildman–Crippen MR) is 38.4 cm³/mol. The average molecular weight is 157 g/mol. The Kier molecular flexibility index (Phi) is 2.09. The number of hydrogen-bond acceptors (Lipinski definition) is 3. The predicted octanol–water partition coefficient (Wildman–Crippen LogP) is -1.97. The summed E-state index contributed by atoms with van der Waals surface area (Å²) in [4.78, 5) is 22.7. The Morgan fingerprint density at radius 1 is 1.45 bits per heavy atom. The highest BCUT2D eigenvalue weighted by Gasteiger charge is 2.32. The van der Waals surface area contributed by atoms with E-state index in [1.807, 2.05) is 0 Å². The monoisotopic (exact) mass is 157 g/mol. The van der Waals surface area contributed by atoms with E-state index >= 15 is 0 Å². The molecule has 1 atom stereocenters. The van der Waals surface area contributed by atoms with Crippen molar-refractivity contribution in [3.63, 3.8) is 0 Å². The van der Waals surface area contributed by atoms with Gasteiger partial charge in [-0.3, -0.25) is 14.5 Å². The summed E-state index contributed by atoms with van der Waals surface area (Å²) < 4.78 is 0. The summed E-state index contributed by atoms with van der Waals surface area (Å²) in [6.07, 6.45) is 0.739. The van der Waals surface area contributed by atoms with E-state index in [1.165, 1.54) is 0 Å². The summed E-state index contributed by atoms with van der Waals surface area (Å²) >= 11 is 0. The van der Waals surface area contributed by atoms with Gasteiger partial charge in [0.05, 0.1) is 12.6 Å². The molecular formula is C6H11N3O2. The van der Waals surface area contributed by atoms with Crippen LogP contribution in [-0.2, 0) is 9.59 Å². The molecule has 0 radical (unpaired) electrons. The van der Waals surface area contributed by atoms with Crippen molar-refractivity contribution in [1.82, 2.24) is 4.90 Å². The van der Waals surface area contributed by atoms with E-state index in [2.05, 4.69) is 0 Å². The summed E-state index contributed by atoms with van der Waals surface area (Å²) in [7, 11) is 0. The molecule has 0 aromatic carbocycles. The third kappa shape index (κ3) is 1.68. The fourth-order valence-electron chi connectivity index (χ4n) is 1.15. The van der Waals surface area contributed by atoms with Gasteiger partial charge < -0.3 is 11.5 Å². The molecule has 1 fully saturated rings. The molecule has 0 spiro atoms. The largest absolute Gasteiger partial charge is 0.369 e. The lowest BCUT2D eigenvalue weighted by molar-refractivity contribution is -0.130. The van der Waals surface area contributed by atoms with Crippen LogP contribution in [0, 0.1) is 0 Å². The maximum atomic E-state index is 10.6. The normalized spacial score (nSPS) is 24.2. The second-order valence-corrected chi connectivity index (χ2v) is 2.64. The minimum Gasteiger partial charge on any atom is -0.369 e. The fourth-order valence-corrected chi connectivity index (χ4v) is 1.15. The average Bonchev–Trinajstić information content (AvgIpc) is 1.78. The number of carbonyl (C=O) groups is 2. The number of primary amides is 2. The molecular weight excluding hydrogens is 146 g/mol. The van der Waals surface area contributed by atoms with E-state index < -0.39 is 5.91 Å². The lowest BCUT2D eigenvalue weighted by Gasteiger charge is -2.37. The maximum absolute atomic E-state index is 10.6. The van der Waals surface area contributed by atoms with Crippen LogP contribution in [0.15, 0.2) is 0 Å².